The lowest BCUT2D eigenvalue weighted by Gasteiger charge is -2.38. The van der Waals surface area contributed by atoms with E-state index in [4.69, 9.17) is 9.57 Å². The highest BCUT2D eigenvalue weighted by Crippen LogP contribution is 2.44. The maximum absolute atomic E-state index is 14.0. The molecule has 5 rings (SSSR count). The molecule has 0 bridgehead atoms. The molecule has 9 heteroatoms. The average molecular weight is 483 g/mol. The molecule has 3 aromatic rings. The number of oxime groups is 1. The van der Waals surface area contributed by atoms with E-state index in [9.17, 15) is 13.2 Å². The van der Waals surface area contributed by atoms with Gasteiger partial charge in [0.05, 0.1) is 30.9 Å². The van der Waals surface area contributed by atoms with Gasteiger partial charge in [-0.25, -0.2) is 18.2 Å². The van der Waals surface area contributed by atoms with Gasteiger partial charge in [-0.3, -0.25) is 0 Å². The van der Waals surface area contributed by atoms with E-state index >= 15 is 0 Å². The predicted molar refractivity (Wildman–Crippen MR) is 126 cm³/mol. The number of likely N-dealkylation sites (N-methyl/N-ethyl adjacent to an activating group) is 1. The van der Waals surface area contributed by atoms with Gasteiger partial charge in [-0.05, 0) is 61.2 Å². The van der Waals surface area contributed by atoms with Crippen LogP contribution >= 0.6 is 0 Å². The third-order valence-corrected chi connectivity index (χ3v) is 6.41. The minimum atomic E-state index is -1.48. The molecule has 1 saturated carbocycles. The van der Waals surface area contributed by atoms with Crippen molar-refractivity contribution < 1.29 is 22.7 Å². The minimum Gasteiger partial charge on any atom is -0.495 e. The third kappa shape index (κ3) is 4.50. The molecular formula is C26H25F3N4O2. The molecular weight excluding hydrogens is 457 g/mol. The van der Waals surface area contributed by atoms with E-state index in [2.05, 4.69) is 10.1 Å². The van der Waals surface area contributed by atoms with Gasteiger partial charge in [0, 0.05) is 19.2 Å². The Hall–Kier alpha value is -3.75. The van der Waals surface area contributed by atoms with Crippen molar-refractivity contribution in [2.45, 2.75) is 31.9 Å². The second-order valence-corrected chi connectivity index (χ2v) is 8.90. The lowest BCUT2D eigenvalue weighted by Crippen LogP contribution is -2.43. The van der Waals surface area contributed by atoms with E-state index in [0.717, 1.165) is 41.9 Å². The van der Waals surface area contributed by atoms with E-state index in [1.165, 1.54) is 0 Å². The van der Waals surface area contributed by atoms with Gasteiger partial charge in [-0.2, -0.15) is 0 Å². The van der Waals surface area contributed by atoms with Gasteiger partial charge in [0.15, 0.2) is 29.4 Å². The van der Waals surface area contributed by atoms with Gasteiger partial charge in [0.2, 0.25) is 0 Å². The van der Waals surface area contributed by atoms with Crippen molar-refractivity contribution in [3.05, 3.63) is 83.2 Å². The van der Waals surface area contributed by atoms with Crippen LogP contribution in [0.5, 0.6) is 5.75 Å². The molecule has 1 aromatic heterocycles. The zero-order chi connectivity index (χ0) is 24.7. The summed E-state index contributed by atoms with van der Waals surface area (Å²) in [6.07, 6.45) is 8.78. The predicted octanol–water partition coefficient (Wildman–Crippen LogP) is 5.42. The van der Waals surface area contributed by atoms with Crippen molar-refractivity contribution in [3.63, 3.8) is 0 Å². The summed E-state index contributed by atoms with van der Waals surface area (Å²) in [6.45, 7) is 1.92. The first kappa shape index (κ1) is 23.0. The molecule has 0 amide bonds. The number of hydrogen-bond acceptors (Lipinski definition) is 5. The molecule has 182 valence electrons. The number of hydrogen-bond donors (Lipinski definition) is 0. The monoisotopic (exact) mass is 482 g/mol. The highest BCUT2D eigenvalue weighted by molar-refractivity contribution is 5.96. The molecule has 0 radical (unpaired) electrons. The number of halogens is 3. The Labute approximate surface area is 201 Å². The molecule has 35 heavy (non-hydrogen) atoms. The van der Waals surface area contributed by atoms with Crippen molar-refractivity contribution in [1.29, 1.82) is 0 Å². The van der Waals surface area contributed by atoms with Crippen molar-refractivity contribution in [3.8, 4) is 11.4 Å². The van der Waals surface area contributed by atoms with E-state index in [1.807, 2.05) is 46.9 Å². The number of aryl methyl sites for hydroxylation is 1. The van der Waals surface area contributed by atoms with Gasteiger partial charge < -0.3 is 19.0 Å². The first-order valence-corrected chi connectivity index (χ1v) is 11.3. The fraction of sp³-hybridized carbons (Fsp3) is 0.308. The van der Waals surface area contributed by atoms with Gasteiger partial charge in [0.25, 0.3) is 0 Å². The summed E-state index contributed by atoms with van der Waals surface area (Å²) < 4.78 is 49.1. The van der Waals surface area contributed by atoms with Crippen LogP contribution in [-0.4, -0.2) is 40.5 Å². The third-order valence-electron chi connectivity index (χ3n) is 6.41. The fourth-order valence-electron chi connectivity index (χ4n) is 4.41. The molecule has 1 aliphatic heterocycles. The van der Waals surface area contributed by atoms with Crippen LogP contribution < -0.4 is 4.74 Å². The Kier molecular flexibility index (Phi) is 6.00. The maximum Gasteiger partial charge on any atom is 0.194 e. The molecule has 0 saturated heterocycles. The average Bonchev–Trinajstić information content (AvgIpc) is 3.61. The van der Waals surface area contributed by atoms with Crippen molar-refractivity contribution in [2.24, 2.45) is 11.1 Å². The number of amidine groups is 1. The van der Waals surface area contributed by atoms with Gasteiger partial charge in [-0.1, -0.05) is 17.3 Å². The van der Waals surface area contributed by atoms with Crippen LogP contribution in [0, 0.1) is 30.3 Å². The normalized spacial score (nSPS) is 20.2. The van der Waals surface area contributed by atoms with E-state index in [1.54, 1.807) is 26.6 Å². The fourth-order valence-corrected chi connectivity index (χ4v) is 4.41. The van der Waals surface area contributed by atoms with E-state index in [-0.39, 0.29) is 12.0 Å². The second-order valence-electron chi connectivity index (χ2n) is 8.90. The molecule has 1 unspecified atom stereocenters. The zero-order valence-electron chi connectivity index (χ0n) is 19.6. The van der Waals surface area contributed by atoms with Crippen LogP contribution in [0.3, 0.4) is 0 Å². The minimum absolute atomic E-state index is 0.233. The molecule has 0 N–H and O–H groups in total. The van der Waals surface area contributed by atoms with Crippen molar-refractivity contribution in [2.75, 3.05) is 14.2 Å². The SMILES string of the molecule is COc1cc(C=CC2=NOC(C3CC3)[C@H](c3cc(F)c(F)c(F)c3)N2C)ccc1-n1cnc(C)c1. The Morgan fingerprint density at radius 3 is 2.46 bits per heavy atom. The van der Waals surface area contributed by atoms with Crippen LogP contribution in [0.4, 0.5) is 13.2 Å². The molecule has 2 heterocycles. The molecule has 2 aliphatic rings. The van der Waals surface area contributed by atoms with Crippen LogP contribution in [0.25, 0.3) is 11.8 Å². The van der Waals surface area contributed by atoms with Crippen LogP contribution in [0.2, 0.25) is 0 Å². The number of methoxy groups -OCH3 is 1. The number of rotatable bonds is 6. The van der Waals surface area contributed by atoms with E-state index in [0.29, 0.717) is 17.1 Å². The van der Waals surface area contributed by atoms with E-state index < -0.39 is 23.5 Å². The molecule has 2 atom stereocenters. The van der Waals surface area contributed by atoms with Gasteiger partial charge in [0.1, 0.15) is 5.75 Å². The number of aromatic nitrogens is 2. The highest BCUT2D eigenvalue weighted by atomic mass is 19.2. The Morgan fingerprint density at radius 1 is 1.09 bits per heavy atom. The lowest BCUT2D eigenvalue weighted by molar-refractivity contribution is -0.0256. The number of imidazole rings is 1. The Bertz CT molecular complexity index is 1290. The summed E-state index contributed by atoms with van der Waals surface area (Å²) in [4.78, 5) is 11.9. The zero-order valence-corrected chi connectivity index (χ0v) is 19.6. The summed E-state index contributed by atoms with van der Waals surface area (Å²) in [7, 11) is 3.39. The smallest absolute Gasteiger partial charge is 0.194 e. The first-order valence-electron chi connectivity index (χ1n) is 11.3. The Morgan fingerprint density at radius 2 is 1.83 bits per heavy atom. The quantitative estimate of drug-likeness (QED) is 0.441. The Balaban J connectivity index is 1.43. The largest absolute Gasteiger partial charge is 0.495 e. The van der Waals surface area contributed by atoms with Crippen LogP contribution in [0.15, 0.2) is 54.1 Å². The first-order chi connectivity index (χ1) is 16.9. The summed E-state index contributed by atoms with van der Waals surface area (Å²) >= 11 is 0. The number of benzene rings is 2. The topological polar surface area (TPSA) is 51.9 Å². The molecule has 1 fully saturated rings. The number of nitrogens with zero attached hydrogens (tertiary/aromatic N) is 4. The molecule has 6 nitrogen and oxygen atoms in total. The summed E-state index contributed by atoms with van der Waals surface area (Å²) in [5, 5.41) is 4.27. The molecule has 2 aromatic carbocycles. The summed E-state index contributed by atoms with van der Waals surface area (Å²) in [6, 6.07) is 7.31. The summed E-state index contributed by atoms with van der Waals surface area (Å²) in [5.41, 5.74) is 2.92. The van der Waals surface area contributed by atoms with Gasteiger partial charge in [-0.15, -0.1) is 0 Å². The molecule has 0 spiro atoms. The van der Waals surface area contributed by atoms with Crippen molar-refractivity contribution >= 4 is 11.9 Å². The second kappa shape index (κ2) is 9.13. The highest BCUT2D eigenvalue weighted by Gasteiger charge is 2.44. The van der Waals surface area contributed by atoms with Crippen LogP contribution in [0.1, 0.15) is 35.7 Å². The van der Waals surface area contributed by atoms with Crippen molar-refractivity contribution in [1.82, 2.24) is 14.5 Å². The lowest BCUT2D eigenvalue weighted by atomic mass is 9.95. The molecule has 1 aliphatic carbocycles. The van der Waals surface area contributed by atoms with Crippen LogP contribution in [-0.2, 0) is 4.84 Å². The number of ether oxygens (including phenoxy) is 1. The summed E-state index contributed by atoms with van der Waals surface area (Å²) in [5.74, 6) is -2.54. The standard InChI is InChI=1S/C26H25F3N4O2/c1-15-13-33(14-30-15)21-8-4-16(10-22(21)34-3)5-9-23-31-35-26(17-6-7-17)25(32(23)2)18-11-19(27)24(29)20(28)12-18/h4-5,8-14,17,25-26H,6-7H2,1-3H3/t25-,26?/m0/s1. The maximum atomic E-state index is 14.0. The van der Waals surface area contributed by atoms with Gasteiger partial charge >= 0.3 is 0 Å².